The highest BCUT2D eigenvalue weighted by Crippen LogP contribution is 2.37. The molecular weight excluding hydrogens is 312 g/mol. The summed E-state index contributed by atoms with van der Waals surface area (Å²) in [5, 5.41) is 0.405. The number of fused-ring (bicyclic) bond motifs is 2. The molecule has 1 heterocycles. The number of nitrogen functional groups attached to an aromatic ring is 1. The van der Waals surface area contributed by atoms with Gasteiger partial charge in [0.15, 0.2) is 5.78 Å². The molecular formula is C18H25ClN2O2. The fraction of sp³-hybridized carbons (Fsp3) is 0.611. The number of likely N-dealkylation sites (tertiary alicyclic amines) is 1. The summed E-state index contributed by atoms with van der Waals surface area (Å²) < 4.78 is 5.26. The standard InChI is InChI=1S/C18H25ClN2O2/c1-23-18-10-16(20)15(19)9-14(18)17(22)4-2-3-7-21-11-12-5-6-13(21)8-12/h9-10,12-13H,2-8,11,20H2,1H3. The monoisotopic (exact) mass is 336 g/mol. The highest BCUT2D eigenvalue weighted by atomic mass is 35.5. The lowest BCUT2D eigenvalue weighted by Gasteiger charge is -2.26. The first kappa shape index (κ1) is 16.6. The highest BCUT2D eigenvalue weighted by molar-refractivity contribution is 6.33. The number of unbranched alkanes of at least 4 members (excludes halogenated alkanes) is 1. The molecule has 0 radical (unpaired) electrons. The van der Waals surface area contributed by atoms with Crippen LogP contribution in [0.25, 0.3) is 0 Å². The molecule has 2 unspecified atom stereocenters. The molecule has 2 aliphatic rings. The summed E-state index contributed by atoms with van der Waals surface area (Å²) in [5.74, 6) is 1.52. The molecule has 1 aromatic rings. The van der Waals surface area contributed by atoms with Gasteiger partial charge in [0.1, 0.15) is 5.75 Å². The summed E-state index contributed by atoms with van der Waals surface area (Å²) in [4.78, 5) is 15.0. The number of halogens is 1. The van der Waals surface area contributed by atoms with Gasteiger partial charge >= 0.3 is 0 Å². The Morgan fingerprint density at radius 2 is 2.22 bits per heavy atom. The fourth-order valence-electron chi connectivity index (χ4n) is 3.99. The molecule has 5 heteroatoms. The van der Waals surface area contributed by atoms with Crippen molar-refractivity contribution in [2.24, 2.45) is 5.92 Å². The fourth-order valence-corrected chi connectivity index (χ4v) is 4.16. The first-order chi connectivity index (χ1) is 11.1. The van der Waals surface area contributed by atoms with Crippen LogP contribution in [0.2, 0.25) is 5.02 Å². The number of rotatable bonds is 7. The number of ether oxygens (including phenoxy) is 1. The van der Waals surface area contributed by atoms with E-state index in [0.29, 0.717) is 28.4 Å². The van der Waals surface area contributed by atoms with E-state index in [0.717, 1.165) is 31.3 Å². The Hall–Kier alpha value is -1.26. The van der Waals surface area contributed by atoms with E-state index >= 15 is 0 Å². The number of hydrogen-bond acceptors (Lipinski definition) is 4. The maximum atomic E-state index is 12.4. The number of nitrogens with two attached hydrogens (primary N) is 1. The van der Waals surface area contributed by atoms with Crippen LogP contribution in [0.3, 0.4) is 0 Å². The minimum Gasteiger partial charge on any atom is -0.496 e. The number of hydrogen-bond donors (Lipinski definition) is 1. The molecule has 2 atom stereocenters. The Morgan fingerprint density at radius 1 is 1.39 bits per heavy atom. The molecule has 4 nitrogen and oxygen atoms in total. The first-order valence-corrected chi connectivity index (χ1v) is 8.86. The molecule has 2 bridgehead atoms. The minimum atomic E-state index is 0.0756. The van der Waals surface area contributed by atoms with Gasteiger partial charge in [-0.3, -0.25) is 4.79 Å². The van der Waals surface area contributed by atoms with Crippen LogP contribution in [0.15, 0.2) is 12.1 Å². The van der Waals surface area contributed by atoms with Crippen LogP contribution in [0.5, 0.6) is 5.75 Å². The lowest BCUT2D eigenvalue weighted by molar-refractivity contribution is 0.0974. The van der Waals surface area contributed by atoms with Gasteiger partial charge in [0.25, 0.3) is 0 Å². The lowest BCUT2D eigenvalue weighted by atomic mass is 10.0. The van der Waals surface area contributed by atoms with Gasteiger partial charge in [0, 0.05) is 25.1 Å². The molecule has 2 N–H and O–H groups in total. The molecule has 1 aromatic carbocycles. The topological polar surface area (TPSA) is 55.6 Å². The molecule has 0 spiro atoms. The summed E-state index contributed by atoms with van der Waals surface area (Å²) >= 11 is 6.03. The van der Waals surface area contributed by atoms with Crippen molar-refractivity contribution in [3.8, 4) is 5.75 Å². The Labute approximate surface area is 142 Å². The van der Waals surface area contributed by atoms with Crippen molar-refractivity contribution in [1.29, 1.82) is 0 Å². The summed E-state index contributed by atoms with van der Waals surface area (Å²) in [6, 6.07) is 4.06. The van der Waals surface area contributed by atoms with E-state index < -0.39 is 0 Å². The van der Waals surface area contributed by atoms with E-state index in [4.69, 9.17) is 22.1 Å². The summed E-state index contributed by atoms with van der Waals surface area (Å²) in [7, 11) is 1.54. The number of carbonyl (C=O) groups excluding carboxylic acids is 1. The van der Waals surface area contributed by atoms with Crippen molar-refractivity contribution >= 4 is 23.1 Å². The van der Waals surface area contributed by atoms with Crippen LogP contribution in [-0.4, -0.2) is 36.9 Å². The number of nitrogens with zero attached hydrogens (tertiary/aromatic N) is 1. The van der Waals surface area contributed by atoms with Gasteiger partial charge in [-0.1, -0.05) is 11.6 Å². The number of ketones is 1. The number of piperidine rings is 1. The number of carbonyl (C=O) groups is 1. The zero-order valence-corrected chi connectivity index (χ0v) is 14.4. The molecule has 3 rings (SSSR count). The summed E-state index contributed by atoms with van der Waals surface area (Å²) in [6.45, 7) is 2.38. The Bertz CT molecular complexity index is 591. The Balaban J connectivity index is 1.49. The third-order valence-corrected chi connectivity index (χ3v) is 5.57. The van der Waals surface area contributed by atoms with Crippen LogP contribution in [0, 0.1) is 5.92 Å². The number of methoxy groups -OCH3 is 1. The predicted octanol–water partition coefficient (Wildman–Crippen LogP) is 3.77. The molecule has 1 saturated carbocycles. The van der Waals surface area contributed by atoms with E-state index in [1.807, 2.05) is 0 Å². The van der Waals surface area contributed by atoms with Crippen LogP contribution < -0.4 is 10.5 Å². The average Bonchev–Trinajstić information content (AvgIpc) is 3.16. The van der Waals surface area contributed by atoms with Gasteiger partial charge in [-0.15, -0.1) is 0 Å². The zero-order valence-electron chi connectivity index (χ0n) is 13.7. The summed E-state index contributed by atoms with van der Waals surface area (Å²) in [5.41, 5.74) is 6.73. The van der Waals surface area contributed by atoms with Crippen molar-refractivity contribution in [3.63, 3.8) is 0 Å². The van der Waals surface area contributed by atoms with Crippen molar-refractivity contribution in [3.05, 3.63) is 22.7 Å². The zero-order chi connectivity index (χ0) is 16.4. The van der Waals surface area contributed by atoms with Gasteiger partial charge in [0.2, 0.25) is 0 Å². The van der Waals surface area contributed by atoms with Crippen molar-refractivity contribution in [2.45, 2.75) is 44.6 Å². The molecule has 1 aliphatic heterocycles. The van der Waals surface area contributed by atoms with Gasteiger partial charge in [0.05, 0.1) is 23.4 Å². The van der Waals surface area contributed by atoms with Crippen LogP contribution in [0.4, 0.5) is 5.69 Å². The van der Waals surface area contributed by atoms with E-state index in [2.05, 4.69) is 4.90 Å². The largest absolute Gasteiger partial charge is 0.496 e. The molecule has 0 aromatic heterocycles. The maximum absolute atomic E-state index is 12.4. The summed E-state index contributed by atoms with van der Waals surface area (Å²) in [6.07, 6.45) is 6.67. The van der Waals surface area contributed by atoms with Crippen molar-refractivity contribution in [2.75, 3.05) is 25.9 Å². The van der Waals surface area contributed by atoms with E-state index in [1.54, 1.807) is 19.2 Å². The minimum absolute atomic E-state index is 0.0756. The van der Waals surface area contributed by atoms with E-state index in [-0.39, 0.29) is 5.78 Å². The Kier molecular flexibility index (Phi) is 5.12. The maximum Gasteiger partial charge on any atom is 0.166 e. The SMILES string of the molecule is COc1cc(N)c(Cl)cc1C(=O)CCCCN1CC2CCC1C2. The van der Waals surface area contributed by atoms with Crippen molar-refractivity contribution < 1.29 is 9.53 Å². The van der Waals surface area contributed by atoms with Crippen LogP contribution in [-0.2, 0) is 0 Å². The third-order valence-electron chi connectivity index (χ3n) is 5.24. The van der Waals surface area contributed by atoms with Gasteiger partial charge < -0.3 is 15.4 Å². The molecule has 1 aliphatic carbocycles. The average molecular weight is 337 g/mol. The number of benzene rings is 1. The quantitative estimate of drug-likeness (QED) is 0.468. The third kappa shape index (κ3) is 3.64. The first-order valence-electron chi connectivity index (χ1n) is 8.48. The smallest absolute Gasteiger partial charge is 0.166 e. The van der Waals surface area contributed by atoms with E-state index in [9.17, 15) is 4.79 Å². The van der Waals surface area contributed by atoms with Gasteiger partial charge in [-0.25, -0.2) is 0 Å². The van der Waals surface area contributed by atoms with Crippen LogP contribution in [0.1, 0.15) is 48.9 Å². The highest BCUT2D eigenvalue weighted by Gasteiger charge is 2.36. The van der Waals surface area contributed by atoms with E-state index in [1.165, 1.54) is 25.8 Å². The van der Waals surface area contributed by atoms with Gasteiger partial charge in [-0.2, -0.15) is 0 Å². The second-order valence-electron chi connectivity index (χ2n) is 6.78. The predicted molar refractivity (Wildman–Crippen MR) is 93.3 cm³/mol. The van der Waals surface area contributed by atoms with Gasteiger partial charge in [-0.05, 0) is 50.6 Å². The Morgan fingerprint density at radius 3 is 2.87 bits per heavy atom. The second kappa shape index (κ2) is 7.10. The lowest BCUT2D eigenvalue weighted by Crippen LogP contribution is -2.32. The van der Waals surface area contributed by atoms with Crippen molar-refractivity contribution in [1.82, 2.24) is 4.90 Å². The molecule has 126 valence electrons. The normalized spacial score (nSPS) is 23.4. The molecule has 0 amide bonds. The number of anilines is 1. The number of Topliss-reactive ketones (excluding diaryl/α,β-unsaturated/α-hetero) is 1. The molecule has 1 saturated heterocycles. The second-order valence-corrected chi connectivity index (χ2v) is 7.19. The molecule has 2 fully saturated rings. The molecule has 23 heavy (non-hydrogen) atoms. The van der Waals surface area contributed by atoms with Crippen LogP contribution >= 0.6 is 11.6 Å².